The van der Waals surface area contributed by atoms with E-state index in [-0.39, 0.29) is 17.8 Å². The Labute approximate surface area is 138 Å². The summed E-state index contributed by atoms with van der Waals surface area (Å²) in [6.07, 6.45) is -3.08. The first kappa shape index (κ1) is 17.0. The lowest BCUT2D eigenvalue weighted by atomic mass is 9.92. The maximum Gasteiger partial charge on any atom is 0.433 e. The minimum Gasteiger partial charge on any atom is -0.446 e. The first-order valence-corrected chi connectivity index (χ1v) is 8.02. The number of amides is 1. The molecule has 2 N–H and O–H groups in total. The molecule has 0 aromatic carbocycles. The molecule has 24 heavy (non-hydrogen) atoms. The van der Waals surface area contributed by atoms with Gasteiger partial charge in [-0.15, -0.1) is 0 Å². The minimum absolute atomic E-state index is 0.0995. The van der Waals surface area contributed by atoms with Crippen LogP contribution in [0.3, 0.4) is 0 Å². The third kappa shape index (κ3) is 3.19. The van der Waals surface area contributed by atoms with E-state index in [0.29, 0.717) is 18.0 Å². The molecule has 0 spiro atoms. The lowest BCUT2D eigenvalue weighted by molar-refractivity contribution is -0.141. The van der Waals surface area contributed by atoms with Crippen LogP contribution in [0.5, 0.6) is 0 Å². The smallest absolute Gasteiger partial charge is 0.433 e. The van der Waals surface area contributed by atoms with Crippen molar-refractivity contribution in [1.82, 2.24) is 4.98 Å². The van der Waals surface area contributed by atoms with E-state index < -0.39 is 24.0 Å². The van der Waals surface area contributed by atoms with Gasteiger partial charge in [0.25, 0.3) is 0 Å². The number of anilines is 1. The highest BCUT2D eigenvalue weighted by molar-refractivity contribution is 5.90. The summed E-state index contributed by atoms with van der Waals surface area (Å²) in [4.78, 5) is 17.7. The molecule has 1 aliphatic heterocycles. The van der Waals surface area contributed by atoms with E-state index in [1.165, 1.54) is 11.0 Å². The molecule has 1 aromatic heterocycles. The molecule has 1 aliphatic carbocycles. The molecule has 0 radical (unpaired) electrons. The van der Waals surface area contributed by atoms with E-state index >= 15 is 0 Å². The summed E-state index contributed by atoms with van der Waals surface area (Å²) >= 11 is 0. The number of aromatic nitrogens is 1. The third-order valence-corrected chi connectivity index (χ3v) is 4.33. The molecule has 1 saturated carbocycles. The van der Waals surface area contributed by atoms with Gasteiger partial charge in [0.1, 0.15) is 5.69 Å². The molecule has 2 aliphatic rings. The number of nitrogens with zero attached hydrogens (tertiary/aromatic N) is 2. The van der Waals surface area contributed by atoms with E-state index in [1.54, 1.807) is 13.8 Å². The topological polar surface area (TPSA) is 68.5 Å². The highest BCUT2D eigenvalue weighted by Crippen LogP contribution is 2.46. The second kappa shape index (κ2) is 5.91. The number of carbonyl (C=O) groups is 1. The average Bonchev–Trinajstić information content (AvgIpc) is 3.29. The van der Waals surface area contributed by atoms with Gasteiger partial charge in [0.2, 0.25) is 0 Å². The van der Waals surface area contributed by atoms with Crippen LogP contribution in [-0.4, -0.2) is 23.2 Å². The van der Waals surface area contributed by atoms with E-state index in [1.807, 2.05) is 0 Å². The molecule has 5 nitrogen and oxygen atoms in total. The van der Waals surface area contributed by atoms with Gasteiger partial charge in [-0.3, -0.25) is 4.90 Å². The summed E-state index contributed by atoms with van der Waals surface area (Å²) in [5.74, 6) is 0.311. The Morgan fingerprint density at radius 2 is 2.04 bits per heavy atom. The number of fused-ring (bicyclic) bond motifs is 1. The van der Waals surface area contributed by atoms with Gasteiger partial charge >= 0.3 is 12.3 Å². The van der Waals surface area contributed by atoms with Gasteiger partial charge in [0, 0.05) is 6.04 Å². The van der Waals surface area contributed by atoms with Crippen LogP contribution in [0.4, 0.5) is 23.7 Å². The van der Waals surface area contributed by atoms with Gasteiger partial charge < -0.3 is 10.5 Å². The van der Waals surface area contributed by atoms with Crippen molar-refractivity contribution < 1.29 is 22.7 Å². The lowest BCUT2D eigenvalue weighted by Gasteiger charge is -2.39. The van der Waals surface area contributed by atoms with Crippen molar-refractivity contribution in [2.45, 2.75) is 57.5 Å². The molecular weight excluding hydrogens is 323 g/mol. The minimum atomic E-state index is -4.55. The molecule has 2 heterocycles. The van der Waals surface area contributed by atoms with Crippen LogP contribution in [0.1, 0.15) is 50.5 Å². The zero-order chi connectivity index (χ0) is 17.6. The van der Waals surface area contributed by atoms with Crippen molar-refractivity contribution in [2.75, 3.05) is 4.90 Å². The van der Waals surface area contributed by atoms with Crippen LogP contribution in [0.2, 0.25) is 0 Å². The van der Waals surface area contributed by atoms with Crippen molar-refractivity contribution in [3.8, 4) is 0 Å². The van der Waals surface area contributed by atoms with E-state index in [9.17, 15) is 18.0 Å². The molecule has 1 amide bonds. The molecule has 2 atom stereocenters. The number of halogens is 3. The fourth-order valence-electron chi connectivity index (χ4n) is 3.13. The first-order chi connectivity index (χ1) is 11.2. The normalized spacial score (nSPS) is 24.0. The van der Waals surface area contributed by atoms with E-state index in [0.717, 1.165) is 18.9 Å². The van der Waals surface area contributed by atoms with Gasteiger partial charge in [0.15, 0.2) is 0 Å². The molecule has 3 rings (SSSR count). The highest BCUT2D eigenvalue weighted by atomic mass is 19.4. The van der Waals surface area contributed by atoms with Crippen LogP contribution in [0, 0.1) is 5.92 Å². The first-order valence-electron chi connectivity index (χ1n) is 8.02. The maximum absolute atomic E-state index is 12.9. The number of carbonyl (C=O) groups excluding carboxylic acids is 1. The van der Waals surface area contributed by atoms with Crippen LogP contribution < -0.4 is 10.6 Å². The fraction of sp³-hybridized carbons (Fsp3) is 0.625. The van der Waals surface area contributed by atoms with E-state index in [2.05, 4.69) is 4.98 Å². The molecule has 0 saturated heterocycles. The third-order valence-electron chi connectivity index (χ3n) is 4.33. The van der Waals surface area contributed by atoms with Crippen molar-refractivity contribution >= 4 is 11.8 Å². The number of ether oxygens (including phenoxy) is 1. The summed E-state index contributed by atoms with van der Waals surface area (Å²) in [5.41, 5.74) is 5.49. The standard InChI is InChI=1S/C16H20F3N3O2/c1-8(2)24-15(23)22-11-5-6-13(16(17,18)19)21-14(11)10(20)7-12(22)9-3-4-9/h5-6,8-10,12H,3-4,7,20H2,1-2H3/t10-,12-/m1/s1. The number of rotatable bonds is 2. The second-order valence-electron chi connectivity index (χ2n) is 6.65. The summed E-state index contributed by atoms with van der Waals surface area (Å²) < 4.78 is 44.0. The monoisotopic (exact) mass is 343 g/mol. The molecule has 8 heteroatoms. The second-order valence-corrected chi connectivity index (χ2v) is 6.65. The summed E-state index contributed by atoms with van der Waals surface area (Å²) in [7, 11) is 0. The Morgan fingerprint density at radius 3 is 2.58 bits per heavy atom. The lowest BCUT2D eigenvalue weighted by Crippen LogP contribution is -2.48. The quantitative estimate of drug-likeness (QED) is 0.890. The Kier molecular flexibility index (Phi) is 4.19. The van der Waals surface area contributed by atoms with Gasteiger partial charge in [0.05, 0.1) is 23.5 Å². The van der Waals surface area contributed by atoms with Crippen LogP contribution in [0.15, 0.2) is 12.1 Å². The predicted octanol–water partition coefficient (Wildman–Crippen LogP) is 3.63. The van der Waals surface area contributed by atoms with Gasteiger partial charge in [-0.2, -0.15) is 13.2 Å². The Bertz CT molecular complexity index is 644. The highest BCUT2D eigenvalue weighted by Gasteiger charge is 2.45. The van der Waals surface area contributed by atoms with Crippen molar-refractivity contribution in [3.05, 3.63) is 23.5 Å². The van der Waals surface area contributed by atoms with E-state index in [4.69, 9.17) is 10.5 Å². The number of alkyl halides is 3. The summed E-state index contributed by atoms with van der Waals surface area (Å²) in [6, 6.07) is 1.38. The molecular formula is C16H20F3N3O2. The van der Waals surface area contributed by atoms with Crippen LogP contribution in [0.25, 0.3) is 0 Å². The van der Waals surface area contributed by atoms with Crippen molar-refractivity contribution in [1.29, 1.82) is 0 Å². The van der Waals surface area contributed by atoms with Crippen LogP contribution in [-0.2, 0) is 10.9 Å². The zero-order valence-electron chi connectivity index (χ0n) is 13.5. The SMILES string of the molecule is CC(C)OC(=O)N1c2ccc(C(F)(F)F)nc2[C@H](N)C[C@@H]1C1CC1. The molecule has 1 fully saturated rings. The predicted molar refractivity (Wildman–Crippen MR) is 81.4 cm³/mol. The molecule has 0 bridgehead atoms. The number of nitrogens with two attached hydrogens (primary N) is 1. The Hall–Kier alpha value is -1.83. The summed E-state index contributed by atoms with van der Waals surface area (Å²) in [5, 5.41) is 0. The summed E-state index contributed by atoms with van der Waals surface area (Å²) in [6.45, 7) is 3.46. The number of pyridine rings is 1. The van der Waals surface area contributed by atoms with Gasteiger partial charge in [-0.1, -0.05) is 0 Å². The fourth-order valence-corrected chi connectivity index (χ4v) is 3.13. The molecule has 1 aromatic rings. The number of hydrogen-bond acceptors (Lipinski definition) is 4. The largest absolute Gasteiger partial charge is 0.446 e. The van der Waals surface area contributed by atoms with Gasteiger partial charge in [-0.05, 0) is 51.2 Å². The van der Waals surface area contributed by atoms with Crippen molar-refractivity contribution in [2.24, 2.45) is 11.7 Å². The molecule has 0 unspecified atom stereocenters. The zero-order valence-corrected chi connectivity index (χ0v) is 13.5. The Balaban J connectivity index is 2.02. The van der Waals surface area contributed by atoms with Crippen molar-refractivity contribution in [3.63, 3.8) is 0 Å². The van der Waals surface area contributed by atoms with Gasteiger partial charge in [-0.25, -0.2) is 9.78 Å². The van der Waals surface area contributed by atoms with Crippen LogP contribution >= 0.6 is 0 Å². The number of hydrogen-bond donors (Lipinski definition) is 1. The average molecular weight is 343 g/mol. The molecule has 132 valence electrons. The maximum atomic E-state index is 12.9. The Morgan fingerprint density at radius 1 is 1.38 bits per heavy atom.